The molecule has 0 aliphatic carbocycles. The average molecular weight is 228 g/mol. The molecule has 0 aliphatic rings. The Balaban J connectivity index is 2.80. The largest absolute Gasteiger partial charge is 0.495 e. The van der Waals surface area contributed by atoms with Crippen LogP contribution in [0.15, 0.2) is 17.5 Å². The molecule has 2 N–H and O–H groups in total. The molecule has 0 radical (unpaired) electrons. The lowest BCUT2D eigenvalue weighted by molar-refractivity contribution is 0.417. The lowest BCUT2D eigenvalue weighted by atomic mass is 10.1. The minimum absolute atomic E-state index is 0.413. The van der Waals surface area contributed by atoms with E-state index in [1.54, 1.807) is 18.4 Å². The Bertz CT molecular complexity index is 466. The summed E-state index contributed by atoms with van der Waals surface area (Å²) in [6.45, 7) is 0. The van der Waals surface area contributed by atoms with Crippen LogP contribution in [0.3, 0.4) is 0 Å². The fourth-order valence-electron chi connectivity index (χ4n) is 1.49. The third kappa shape index (κ3) is 1.33. The number of rotatable bonds is 2. The van der Waals surface area contributed by atoms with E-state index in [9.17, 15) is 0 Å². The normalized spacial score (nSPS) is 10.7. The van der Waals surface area contributed by atoms with E-state index in [1.807, 2.05) is 17.5 Å². The fraction of sp³-hybridized carbons (Fsp3) is 0.200. The number of hydrogen-bond acceptors (Lipinski definition) is 3. The van der Waals surface area contributed by atoms with E-state index in [0.29, 0.717) is 17.3 Å². The van der Waals surface area contributed by atoms with Crippen molar-refractivity contribution in [1.29, 1.82) is 0 Å². The van der Waals surface area contributed by atoms with Gasteiger partial charge in [0.05, 0.1) is 18.7 Å². The Morgan fingerprint density at radius 1 is 1.57 bits per heavy atom. The lowest BCUT2D eigenvalue weighted by Gasteiger charge is -2.09. The van der Waals surface area contributed by atoms with Crippen molar-refractivity contribution >= 4 is 38.7 Å². The van der Waals surface area contributed by atoms with E-state index in [0.717, 1.165) is 15.6 Å². The first-order valence-corrected chi connectivity index (χ1v) is 5.58. The summed E-state index contributed by atoms with van der Waals surface area (Å²) in [5.74, 6) is 1.12. The molecule has 0 saturated heterocycles. The first-order valence-electron chi connectivity index (χ1n) is 4.16. The number of nitrogen functional groups attached to an aromatic ring is 1. The topological polar surface area (TPSA) is 35.2 Å². The average Bonchev–Trinajstić information content (AvgIpc) is 2.64. The zero-order valence-electron chi connectivity index (χ0n) is 7.71. The van der Waals surface area contributed by atoms with Crippen molar-refractivity contribution in [3.05, 3.63) is 23.1 Å². The van der Waals surface area contributed by atoms with Gasteiger partial charge in [0, 0.05) is 16.3 Å². The number of methoxy groups -OCH3 is 1. The molecule has 2 rings (SSSR count). The van der Waals surface area contributed by atoms with E-state index < -0.39 is 0 Å². The number of nitrogens with two attached hydrogens (primary N) is 1. The monoisotopic (exact) mass is 227 g/mol. The second-order valence-corrected chi connectivity index (χ2v) is 4.15. The summed E-state index contributed by atoms with van der Waals surface area (Å²) < 4.78 is 6.35. The number of ether oxygens (including phenoxy) is 1. The predicted molar refractivity (Wildman–Crippen MR) is 62.3 cm³/mol. The molecule has 1 heterocycles. The summed E-state index contributed by atoms with van der Waals surface area (Å²) in [4.78, 5) is 0. The zero-order chi connectivity index (χ0) is 10.1. The van der Waals surface area contributed by atoms with E-state index in [1.165, 1.54) is 0 Å². The summed E-state index contributed by atoms with van der Waals surface area (Å²) in [7, 11) is 1.61. The Morgan fingerprint density at radius 2 is 2.36 bits per heavy atom. The Hall–Kier alpha value is -0.930. The van der Waals surface area contributed by atoms with Gasteiger partial charge in [-0.2, -0.15) is 0 Å². The van der Waals surface area contributed by atoms with E-state index in [-0.39, 0.29) is 0 Å². The molecule has 1 aromatic heterocycles. The maximum atomic E-state index is 5.92. The minimum atomic E-state index is 0.413. The summed E-state index contributed by atoms with van der Waals surface area (Å²) in [6, 6.07) is 3.99. The second-order valence-electron chi connectivity index (χ2n) is 2.94. The van der Waals surface area contributed by atoms with Crippen molar-refractivity contribution in [2.75, 3.05) is 12.8 Å². The highest BCUT2D eigenvalue weighted by molar-refractivity contribution is 7.17. The lowest BCUT2D eigenvalue weighted by Crippen LogP contribution is -1.96. The summed E-state index contributed by atoms with van der Waals surface area (Å²) in [5, 5.41) is 3.16. The van der Waals surface area contributed by atoms with Gasteiger partial charge in [0.2, 0.25) is 0 Å². The molecule has 0 unspecified atom stereocenters. The van der Waals surface area contributed by atoms with Gasteiger partial charge < -0.3 is 10.5 Å². The van der Waals surface area contributed by atoms with Crippen molar-refractivity contribution in [3.63, 3.8) is 0 Å². The number of anilines is 1. The van der Waals surface area contributed by atoms with Gasteiger partial charge in [-0.05, 0) is 16.8 Å². The SMILES string of the molecule is COc1cc2sccc2c(CCl)c1N. The zero-order valence-corrected chi connectivity index (χ0v) is 9.28. The van der Waals surface area contributed by atoms with Gasteiger partial charge >= 0.3 is 0 Å². The van der Waals surface area contributed by atoms with Crippen LogP contribution < -0.4 is 10.5 Å². The number of thiophene rings is 1. The molecule has 1 aromatic carbocycles. The van der Waals surface area contributed by atoms with E-state index in [4.69, 9.17) is 22.1 Å². The molecular formula is C10H10ClNOS. The molecule has 2 aromatic rings. The third-order valence-electron chi connectivity index (χ3n) is 2.23. The standard InChI is InChI=1S/C10H10ClNOS/c1-13-8-4-9-6(2-3-14-9)7(5-11)10(8)12/h2-4H,5,12H2,1H3. The highest BCUT2D eigenvalue weighted by atomic mass is 35.5. The van der Waals surface area contributed by atoms with Crippen molar-refractivity contribution < 1.29 is 4.74 Å². The molecule has 2 nitrogen and oxygen atoms in total. The molecule has 0 amide bonds. The highest BCUT2D eigenvalue weighted by Crippen LogP contribution is 2.36. The summed E-state index contributed by atoms with van der Waals surface area (Å²) in [5.41, 5.74) is 7.53. The van der Waals surface area contributed by atoms with Crippen molar-refractivity contribution in [1.82, 2.24) is 0 Å². The first kappa shape index (κ1) is 9.62. The van der Waals surface area contributed by atoms with Crippen molar-refractivity contribution in [3.8, 4) is 5.75 Å². The van der Waals surface area contributed by atoms with E-state index in [2.05, 4.69) is 0 Å². The van der Waals surface area contributed by atoms with Gasteiger partial charge in [0.1, 0.15) is 5.75 Å². The Labute approximate surface area is 91.2 Å². The molecule has 0 atom stereocenters. The maximum Gasteiger partial charge on any atom is 0.143 e. The van der Waals surface area contributed by atoms with Gasteiger partial charge in [-0.25, -0.2) is 0 Å². The van der Waals surface area contributed by atoms with Crippen LogP contribution in [0.4, 0.5) is 5.69 Å². The van der Waals surface area contributed by atoms with Gasteiger partial charge in [0.25, 0.3) is 0 Å². The van der Waals surface area contributed by atoms with Gasteiger partial charge in [-0.15, -0.1) is 22.9 Å². The smallest absolute Gasteiger partial charge is 0.143 e. The maximum absolute atomic E-state index is 5.92. The molecule has 4 heteroatoms. The molecule has 0 aliphatic heterocycles. The molecule has 0 bridgehead atoms. The van der Waals surface area contributed by atoms with Gasteiger partial charge in [-0.1, -0.05) is 0 Å². The number of hydrogen-bond donors (Lipinski definition) is 1. The number of fused-ring (bicyclic) bond motifs is 1. The number of alkyl halides is 1. The third-order valence-corrected chi connectivity index (χ3v) is 3.36. The molecule has 0 saturated carbocycles. The van der Waals surface area contributed by atoms with Crippen LogP contribution in [0.2, 0.25) is 0 Å². The number of halogens is 1. The summed E-state index contributed by atoms with van der Waals surface area (Å²) in [6.07, 6.45) is 0. The second kappa shape index (κ2) is 3.67. The van der Waals surface area contributed by atoms with Crippen LogP contribution in [0, 0.1) is 0 Å². The molecular weight excluding hydrogens is 218 g/mol. The Morgan fingerprint density at radius 3 is 3.00 bits per heavy atom. The van der Waals surface area contributed by atoms with Gasteiger partial charge in [-0.3, -0.25) is 0 Å². The molecule has 0 fully saturated rings. The predicted octanol–water partition coefficient (Wildman–Crippen LogP) is 3.23. The Kier molecular flexibility index (Phi) is 2.52. The highest BCUT2D eigenvalue weighted by Gasteiger charge is 2.10. The summed E-state index contributed by atoms with van der Waals surface area (Å²) >= 11 is 7.53. The van der Waals surface area contributed by atoms with Crippen LogP contribution in [0.1, 0.15) is 5.56 Å². The molecule has 14 heavy (non-hydrogen) atoms. The quantitative estimate of drug-likeness (QED) is 0.632. The van der Waals surface area contributed by atoms with Crippen LogP contribution in [-0.2, 0) is 5.88 Å². The van der Waals surface area contributed by atoms with Crippen molar-refractivity contribution in [2.24, 2.45) is 0 Å². The van der Waals surface area contributed by atoms with Crippen LogP contribution in [-0.4, -0.2) is 7.11 Å². The molecule has 74 valence electrons. The van der Waals surface area contributed by atoms with Crippen molar-refractivity contribution in [2.45, 2.75) is 5.88 Å². The van der Waals surface area contributed by atoms with E-state index >= 15 is 0 Å². The first-order chi connectivity index (χ1) is 6.77. The minimum Gasteiger partial charge on any atom is -0.495 e. The fourth-order valence-corrected chi connectivity index (χ4v) is 2.62. The van der Waals surface area contributed by atoms with Crippen LogP contribution in [0.5, 0.6) is 5.75 Å². The van der Waals surface area contributed by atoms with Gasteiger partial charge in [0.15, 0.2) is 0 Å². The van der Waals surface area contributed by atoms with Crippen LogP contribution in [0.25, 0.3) is 10.1 Å². The molecule has 0 spiro atoms. The number of benzene rings is 1. The van der Waals surface area contributed by atoms with Crippen LogP contribution >= 0.6 is 22.9 Å².